The fraction of sp³-hybridized carbons (Fsp3) is 0.267. The Morgan fingerprint density at radius 3 is 2.74 bits per heavy atom. The minimum atomic E-state index is -0.708. The molecule has 0 bridgehead atoms. The molecular weight excluding hydrogens is 346 g/mol. The number of carbonyl (C=O) groups is 1. The predicted molar refractivity (Wildman–Crippen MR) is 85.4 cm³/mol. The van der Waals surface area contributed by atoms with Gasteiger partial charge in [-0.2, -0.15) is 0 Å². The van der Waals surface area contributed by atoms with Gasteiger partial charge in [-0.1, -0.05) is 23.2 Å². The van der Waals surface area contributed by atoms with Crippen LogP contribution in [-0.2, 0) is 9.78 Å². The van der Waals surface area contributed by atoms with Crippen LogP contribution in [0.4, 0.5) is 4.39 Å². The zero-order valence-electron chi connectivity index (χ0n) is 12.0. The molecule has 1 aliphatic rings. The van der Waals surface area contributed by atoms with Crippen LogP contribution in [0.2, 0.25) is 10.0 Å². The van der Waals surface area contributed by atoms with E-state index < -0.39 is 11.7 Å². The van der Waals surface area contributed by atoms with Gasteiger partial charge in [-0.05, 0) is 43.2 Å². The third-order valence-corrected chi connectivity index (χ3v) is 3.78. The first-order valence-electron chi connectivity index (χ1n) is 6.84. The van der Waals surface area contributed by atoms with Gasteiger partial charge in [0.05, 0.1) is 15.6 Å². The summed E-state index contributed by atoms with van der Waals surface area (Å²) in [5.41, 5.74) is 6.41. The summed E-state index contributed by atoms with van der Waals surface area (Å²) in [4.78, 5) is 21.6. The van der Waals surface area contributed by atoms with Gasteiger partial charge >= 0.3 is 0 Å². The number of rotatable bonds is 6. The molecule has 0 aliphatic carbocycles. The number of halogens is 3. The van der Waals surface area contributed by atoms with Gasteiger partial charge in [-0.25, -0.2) is 4.39 Å². The summed E-state index contributed by atoms with van der Waals surface area (Å²) < 4.78 is 13.5. The summed E-state index contributed by atoms with van der Waals surface area (Å²) in [6.45, 7) is 0.377. The van der Waals surface area contributed by atoms with Crippen molar-refractivity contribution in [1.82, 2.24) is 5.32 Å². The van der Waals surface area contributed by atoms with Crippen LogP contribution >= 0.6 is 23.2 Å². The molecule has 1 heterocycles. The van der Waals surface area contributed by atoms with E-state index >= 15 is 0 Å². The molecule has 1 aliphatic heterocycles. The predicted octanol–water partition coefficient (Wildman–Crippen LogP) is 3.33. The molecule has 0 saturated heterocycles. The lowest BCUT2D eigenvalue weighted by Crippen LogP contribution is -2.37. The maximum absolute atomic E-state index is 13.5. The highest BCUT2D eigenvalue weighted by molar-refractivity contribution is 6.36. The van der Waals surface area contributed by atoms with E-state index in [2.05, 4.69) is 10.2 Å². The van der Waals surface area contributed by atoms with E-state index in [0.717, 1.165) is 11.6 Å². The number of amides is 1. The zero-order chi connectivity index (χ0) is 16.8. The van der Waals surface area contributed by atoms with Crippen molar-refractivity contribution in [3.63, 3.8) is 0 Å². The molecule has 1 atom stereocenters. The van der Waals surface area contributed by atoms with Crippen LogP contribution in [0.3, 0.4) is 0 Å². The van der Waals surface area contributed by atoms with Crippen LogP contribution < -0.4 is 11.1 Å². The lowest BCUT2D eigenvalue weighted by Gasteiger charge is -2.19. The third-order valence-electron chi connectivity index (χ3n) is 3.18. The molecule has 3 N–H and O–H groups in total. The highest BCUT2D eigenvalue weighted by Crippen LogP contribution is 2.24. The quantitative estimate of drug-likeness (QED) is 0.602. The number of carbonyl (C=O) groups excluding carboxylic acids is 1. The van der Waals surface area contributed by atoms with Gasteiger partial charge in [0.2, 0.25) is 0 Å². The highest BCUT2D eigenvalue weighted by Gasteiger charge is 2.19. The van der Waals surface area contributed by atoms with Crippen molar-refractivity contribution in [2.24, 2.45) is 5.73 Å². The fourth-order valence-corrected chi connectivity index (χ4v) is 2.53. The van der Waals surface area contributed by atoms with Crippen LogP contribution in [0.25, 0.3) is 0 Å². The number of benzene rings is 1. The molecule has 0 saturated carbocycles. The van der Waals surface area contributed by atoms with Crippen molar-refractivity contribution < 1.29 is 19.0 Å². The molecule has 1 amide bonds. The minimum Gasteiger partial charge on any atom is -0.349 e. The Balaban J connectivity index is 2.10. The first kappa shape index (κ1) is 17.6. The highest BCUT2D eigenvalue weighted by atomic mass is 35.5. The summed E-state index contributed by atoms with van der Waals surface area (Å²) in [5, 5.41) is 2.72. The standard InChI is InChI=1S/C15H15Cl2FN2O3/c16-12-7-13(17)14(18)6-11(12)15(21)20-10(1-3-19)5-9-2-4-22-23-8-9/h2,4,6-8,10H,1,3,5,19H2,(H,20,21)/t10-/m1/s1. The average molecular weight is 361 g/mol. The topological polar surface area (TPSA) is 73.6 Å². The molecule has 2 rings (SSSR count). The number of hydrogen-bond acceptors (Lipinski definition) is 4. The van der Waals surface area contributed by atoms with Crippen LogP contribution in [0, 0.1) is 5.82 Å². The Hall–Kier alpha value is -1.76. The van der Waals surface area contributed by atoms with Crippen molar-refractivity contribution in [3.8, 4) is 0 Å². The molecule has 8 heteroatoms. The number of nitrogens with one attached hydrogen (secondary N) is 1. The fourth-order valence-electron chi connectivity index (χ4n) is 2.06. The summed E-state index contributed by atoms with van der Waals surface area (Å²) in [6.07, 6.45) is 5.56. The smallest absolute Gasteiger partial charge is 0.253 e. The van der Waals surface area contributed by atoms with Gasteiger partial charge in [-0.15, -0.1) is 0 Å². The molecule has 0 unspecified atom stereocenters. The van der Waals surface area contributed by atoms with Gasteiger partial charge in [0.25, 0.3) is 5.91 Å². The van der Waals surface area contributed by atoms with E-state index in [-0.39, 0.29) is 21.7 Å². The third kappa shape index (κ3) is 4.86. The second-order valence-corrected chi connectivity index (χ2v) is 5.70. The number of hydrogen-bond donors (Lipinski definition) is 2. The zero-order valence-corrected chi connectivity index (χ0v) is 13.5. The Bertz CT molecular complexity index is 650. The van der Waals surface area contributed by atoms with Gasteiger partial charge in [0.15, 0.2) is 0 Å². The molecule has 0 aromatic heterocycles. The number of allylic oxidation sites excluding steroid dienone is 1. The monoisotopic (exact) mass is 360 g/mol. The normalized spacial score (nSPS) is 14.5. The lowest BCUT2D eigenvalue weighted by molar-refractivity contribution is -0.199. The maximum atomic E-state index is 13.5. The maximum Gasteiger partial charge on any atom is 0.253 e. The summed E-state index contributed by atoms with van der Waals surface area (Å²) >= 11 is 11.6. The second kappa shape index (κ2) is 8.19. The van der Waals surface area contributed by atoms with E-state index in [9.17, 15) is 9.18 Å². The first-order valence-corrected chi connectivity index (χ1v) is 7.60. The molecule has 124 valence electrons. The summed E-state index contributed by atoms with van der Waals surface area (Å²) in [5.74, 6) is -1.21. The Kier molecular flexibility index (Phi) is 6.27. The van der Waals surface area contributed by atoms with E-state index in [1.54, 1.807) is 6.08 Å². The van der Waals surface area contributed by atoms with Gasteiger partial charge in [-0.3, -0.25) is 14.6 Å². The molecule has 0 fully saturated rings. The second-order valence-electron chi connectivity index (χ2n) is 4.89. The van der Waals surface area contributed by atoms with Gasteiger partial charge < -0.3 is 11.1 Å². The Labute approximate surface area is 142 Å². The molecule has 0 radical (unpaired) electrons. The molecule has 1 aromatic rings. The number of nitrogens with two attached hydrogens (primary N) is 1. The van der Waals surface area contributed by atoms with Crippen molar-refractivity contribution in [3.05, 3.63) is 57.7 Å². The SMILES string of the molecule is NCC[C@H](CC1=COOC=C1)NC(=O)c1cc(F)c(Cl)cc1Cl. The molecule has 0 spiro atoms. The van der Waals surface area contributed by atoms with Crippen LogP contribution in [-0.4, -0.2) is 18.5 Å². The Morgan fingerprint density at radius 2 is 2.09 bits per heavy atom. The van der Waals surface area contributed by atoms with Crippen molar-refractivity contribution in [2.45, 2.75) is 18.9 Å². The molecule has 1 aromatic carbocycles. The summed E-state index contributed by atoms with van der Waals surface area (Å²) in [7, 11) is 0. The van der Waals surface area contributed by atoms with Crippen molar-refractivity contribution in [2.75, 3.05) is 6.54 Å². The molecular formula is C15H15Cl2FN2O3. The van der Waals surface area contributed by atoms with Crippen LogP contribution in [0.1, 0.15) is 23.2 Å². The van der Waals surface area contributed by atoms with Gasteiger partial charge in [0, 0.05) is 6.04 Å². The van der Waals surface area contributed by atoms with Crippen LogP contribution in [0.15, 0.2) is 36.3 Å². The summed E-state index contributed by atoms with van der Waals surface area (Å²) in [6, 6.07) is 1.94. The Morgan fingerprint density at radius 1 is 1.30 bits per heavy atom. The molecule has 23 heavy (non-hydrogen) atoms. The van der Waals surface area contributed by atoms with Crippen molar-refractivity contribution >= 4 is 29.1 Å². The first-order chi connectivity index (χ1) is 11.0. The lowest BCUT2D eigenvalue weighted by atomic mass is 10.0. The van der Waals surface area contributed by atoms with E-state index in [1.807, 2.05) is 0 Å². The van der Waals surface area contributed by atoms with E-state index in [0.29, 0.717) is 19.4 Å². The van der Waals surface area contributed by atoms with Gasteiger partial charge in [0.1, 0.15) is 18.3 Å². The molecule has 5 nitrogen and oxygen atoms in total. The minimum absolute atomic E-state index is 0.0170. The van der Waals surface area contributed by atoms with Crippen LogP contribution in [0.5, 0.6) is 0 Å². The van der Waals surface area contributed by atoms with Crippen molar-refractivity contribution in [1.29, 1.82) is 0 Å². The largest absolute Gasteiger partial charge is 0.349 e. The van der Waals surface area contributed by atoms with E-state index in [1.165, 1.54) is 18.6 Å². The van der Waals surface area contributed by atoms with E-state index in [4.69, 9.17) is 33.8 Å². The average Bonchev–Trinajstić information content (AvgIpc) is 2.52.